The van der Waals surface area contributed by atoms with E-state index in [2.05, 4.69) is 158 Å². The SMILES string of the molecule is c1ccc([B-](c2cccc3ccccc23)(c2cccc3ccccc23)c2cccc3ccccc23)cc1. The van der Waals surface area contributed by atoms with E-state index in [4.69, 9.17) is 0 Å². The first kappa shape index (κ1) is 21.7. The Hall–Kier alpha value is -4.62. The van der Waals surface area contributed by atoms with Crippen LogP contribution in [0.4, 0.5) is 0 Å². The van der Waals surface area contributed by atoms with E-state index in [1.54, 1.807) is 0 Å². The molecule has 1 heteroatoms. The van der Waals surface area contributed by atoms with E-state index in [-0.39, 0.29) is 0 Å². The average molecular weight is 469 g/mol. The molecule has 174 valence electrons. The lowest BCUT2D eigenvalue weighted by Gasteiger charge is -2.46. The van der Waals surface area contributed by atoms with Crippen LogP contribution in [0, 0.1) is 0 Å². The van der Waals surface area contributed by atoms with Crippen molar-refractivity contribution in [3.63, 3.8) is 0 Å². The zero-order chi connectivity index (χ0) is 24.7. The molecule has 0 aromatic heterocycles. The minimum atomic E-state index is -1.55. The number of rotatable bonds is 4. The quantitative estimate of drug-likeness (QED) is 0.258. The highest BCUT2D eigenvalue weighted by Crippen LogP contribution is 2.24. The Morgan fingerprint density at radius 2 is 0.595 bits per heavy atom. The topological polar surface area (TPSA) is 0 Å². The summed E-state index contributed by atoms with van der Waals surface area (Å²) < 4.78 is 0. The first-order valence-electron chi connectivity index (χ1n) is 13.0. The van der Waals surface area contributed by atoms with Crippen LogP contribution in [-0.2, 0) is 0 Å². The lowest BCUT2D eigenvalue weighted by Crippen LogP contribution is -2.75. The fourth-order valence-corrected chi connectivity index (χ4v) is 6.67. The van der Waals surface area contributed by atoms with Gasteiger partial charge in [0.2, 0.25) is 0 Å². The molecule has 7 rings (SSSR count). The monoisotopic (exact) mass is 469 g/mol. The fourth-order valence-electron chi connectivity index (χ4n) is 6.67. The van der Waals surface area contributed by atoms with Crippen molar-refractivity contribution >= 4 is 60.3 Å². The molecule has 0 radical (unpaired) electrons. The maximum atomic E-state index is 2.36. The van der Waals surface area contributed by atoms with Crippen LogP contribution >= 0.6 is 0 Å². The minimum absolute atomic E-state index is 1.27. The molecule has 7 aromatic carbocycles. The van der Waals surface area contributed by atoms with E-state index < -0.39 is 6.15 Å². The molecule has 0 saturated heterocycles. The highest BCUT2D eigenvalue weighted by molar-refractivity contribution is 7.22. The average Bonchev–Trinajstić information content (AvgIpc) is 2.98. The largest absolute Gasteiger partial charge is 0.195 e. The molecule has 0 nitrogen and oxygen atoms in total. The van der Waals surface area contributed by atoms with Crippen molar-refractivity contribution in [2.75, 3.05) is 0 Å². The van der Waals surface area contributed by atoms with Crippen molar-refractivity contribution in [2.45, 2.75) is 0 Å². The van der Waals surface area contributed by atoms with Crippen LogP contribution in [0.25, 0.3) is 32.3 Å². The molecule has 0 spiro atoms. The van der Waals surface area contributed by atoms with Crippen molar-refractivity contribution in [3.05, 3.63) is 158 Å². The number of hydrogen-bond acceptors (Lipinski definition) is 0. The summed E-state index contributed by atoms with van der Waals surface area (Å²) in [5.74, 6) is 0. The van der Waals surface area contributed by atoms with Gasteiger partial charge in [0.25, 0.3) is 0 Å². The summed E-state index contributed by atoms with van der Waals surface area (Å²) in [7, 11) is 0. The second-order valence-corrected chi connectivity index (χ2v) is 9.98. The summed E-state index contributed by atoms with van der Waals surface area (Å²) in [5, 5.41) is 7.70. The fraction of sp³-hybridized carbons (Fsp3) is 0. The molecule has 0 N–H and O–H groups in total. The van der Waals surface area contributed by atoms with E-state index >= 15 is 0 Å². The summed E-state index contributed by atoms with van der Waals surface area (Å²) >= 11 is 0. The van der Waals surface area contributed by atoms with Gasteiger partial charge in [-0.05, 0) is 16.2 Å². The Labute approximate surface area is 217 Å². The third kappa shape index (κ3) is 3.32. The highest BCUT2D eigenvalue weighted by atomic mass is 14.2. The van der Waals surface area contributed by atoms with Gasteiger partial charge < -0.3 is 0 Å². The molecular formula is C36H26B-. The first-order chi connectivity index (χ1) is 18.4. The van der Waals surface area contributed by atoms with Gasteiger partial charge in [-0.15, -0.1) is 0 Å². The van der Waals surface area contributed by atoms with Gasteiger partial charge in [-0.1, -0.05) is 174 Å². The second-order valence-electron chi connectivity index (χ2n) is 9.98. The van der Waals surface area contributed by atoms with Crippen molar-refractivity contribution in [1.29, 1.82) is 0 Å². The molecule has 0 aliphatic carbocycles. The molecule has 0 bridgehead atoms. The Morgan fingerprint density at radius 3 is 1.00 bits per heavy atom. The van der Waals surface area contributed by atoms with Gasteiger partial charge in [-0.25, -0.2) is 0 Å². The lowest BCUT2D eigenvalue weighted by molar-refractivity contribution is 1.70. The number of benzene rings is 7. The predicted molar refractivity (Wildman–Crippen MR) is 163 cm³/mol. The van der Waals surface area contributed by atoms with Crippen LogP contribution < -0.4 is 21.9 Å². The van der Waals surface area contributed by atoms with Crippen molar-refractivity contribution in [1.82, 2.24) is 0 Å². The smallest absolute Gasteiger partial charge is 0.110 e. The first-order valence-corrected chi connectivity index (χ1v) is 13.0. The normalized spacial score (nSPS) is 11.8. The lowest BCUT2D eigenvalue weighted by atomic mass is 9.12. The van der Waals surface area contributed by atoms with Gasteiger partial charge in [0, 0.05) is 0 Å². The van der Waals surface area contributed by atoms with Crippen LogP contribution in [-0.4, -0.2) is 6.15 Å². The van der Waals surface area contributed by atoms with Gasteiger partial charge in [-0.3, -0.25) is 0 Å². The maximum Gasteiger partial charge on any atom is 0.110 e. The van der Waals surface area contributed by atoms with E-state index in [1.807, 2.05) is 0 Å². The molecule has 0 amide bonds. The zero-order valence-corrected chi connectivity index (χ0v) is 20.6. The Bertz CT molecular complexity index is 1680. The molecular weight excluding hydrogens is 443 g/mol. The Kier molecular flexibility index (Phi) is 5.15. The second kappa shape index (κ2) is 8.80. The summed E-state index contributed by atoms with van der Waals surface area (Å²) in [6, 6.07) is 58.1. The number of hydrogen-bond donors (Lipinski definition) is 0. The van der Waals surface area contributed by atoms with Gasteiger partial charge in [0.1, 0.15) is 6.15 Å². The van der Waals surface area contributed by atoms with Crippen LogP contribution in [0.15, 0.2) is 158 Å². The van der Waals surface area contributed by atoms with Crippen molar-refractivity contribution in [3.8, 4) is 0 Å². The molecule has 0 saturated carbocycles. The Balaban J connectivity index is 1.78. The summed E-state index contributed by atoms with van der Waals surface area (Å²) in [6.07, 6.45) is -1.55. The van der Waals surface area contributed by atoms with Gasteiger partial charge >= 0.3 is 0 Å². The molecule has 0 aliphatic rings. The third-order valence-electron chi connectivity index (χ3n) is 8.17. The van der Waals surface area contributed by atoms with Crippen molar-refractivity contribution in [2.24, 2.45) is 0 Å². The molecule has 0 fully saturated rings. The van der Waals surface area contributed by atoms with Gasteiger partial charge in [0.05, 0.1) is 0 Å². The maximum absolute atomic E-state index is 2.36. The van der Waals surface area contributed by atoms with E-state index in [1.165, 1.54) is 54.2 Å². The molecule has 0 atom stereocenters. The highest BCUT2D eigenvalue weighted by Gasteiger charge is 2.35. The molecule has 0 unspecified atom stereocenters. The number of fused-ring (bicyclic) bond motifs is 3. The summed E-state index contributed by atoms with van der Waals surface area (Å²) in [5.41, 5.74) is 5.40. The van der Waals surface area contributed by atoms with Gasteiger partial charge in [-0.2, -0.15) is 21.9 Å². The van der Waals surface area contributed by atoms with E-state index in [9.17, 15) is 0 Å². The summed E-state index contributed by atoms with van der Waals surface area (Å²) in [4.78, 5) is 0. The summed E-state index contributed by atoms with van der Waals surface area (Å²) in [6.45, 7) is 0. The molecule has 0 aliphatic heterocycles. The van der Waals surface area contributed by atoms with Crippen LogP contribution in [0.2, 0.25) is 0 Å². The van der Waals surface area contributed by atoms with E-state index in [0.717, 1.165) is 0 Å². The predicted octanol–water partition coefficient (Wildman–Crippen LogP) is 6.52. The zero-order valence-electron chi connectivity index (χ0n) is 20.6. The van der Waals surface area contributed by atoms with Gasteiger partial charge in [0.15, 0.2) is 0 Å². The Morgan fingerprint density at radius 1 is 0.270 bits per heavy atom. The molecule has 7 aromatic rings. The van der Waals surface area contributed by atoms with E-state index in [0.29, 0.717) is 0 Å². The van der Waals surface area contributed by atoms with Crippen LogP contribution in [0.3, 0.4) is 0 Å². The van der Waals surface area contributed by atoms with Crippen molar-refractivity contribution < 1.29 is 0 Å². The third-order valence-corrected chi connectivity index (χ3v) is 8.17. The molecule has 0 heterocycles. The molecule has 37 heavy (non-hydrogen) atoms. The standard InChI is InChI=1S/C36H26B/c1-2-19-30(20-3-1)37(34-24-10-16-27-13-4-7-21-31(27)34,35-25-11-17-28-14-5-8-22-32(28)35)36-26-12-18-29-15-6-9-23-33(29)36/h1-26H/q-1. The van der Waals surface area contributed by atoms with Crippen LogP contribution in [0.5, 0.6) is 0 Å². The van der Waals surface area contributed by atoms with Crippen LogP contribution in [0.1, 0.15) is 0 Å². The minimum Gasteiger partial charge on any atom is -0.195 e.